The summed E-state index contributed by atoms with van der Waals surface area (Å²) in [5, 5.41) is 2.85. The van der Waals surface area contributed by atoms with Crippen molar-refractivity contribution in [3.63, 3.8) is 0 Å². The van der Waals surface area contributed by atoms with E-state index in [4.69, 9.17) is 15.2 Å². The predicted molar refractivity (Wildman–Crippen MR) is 102 cm³/mol. The molecular weight excluding hydrogens is 318 g/mol. The van der Waals surface area contributed by atoms with Crippen LogP contribution in [0.25, 0.3) is 0 Å². The largest absolute Gasteiger partial charge is 0.493 e. The van der Waals surface area contributed by atoms with E-state index >= 15 is 0 Å². The van der Waals surface area contributed by atoms with Crippen LogP contribution in [-0.2, 0) is 4.79 Å². The number of nitrogens with one attached hydrogen (secondary N) is 1. The molecule has 0 aromatic heterocycles. The summed E-state index contributed by atoms with van der Waals surface area (Å²) >= 11 is 0. The number of hydrogen-bond donors (Lipinski definition) is 2. The summed E-state index contributed by atoms with van der Waals surface area (Å²) in [6.45, 7) is 13.4. The van der Waals surface area contributed by atoms with Crippen molar-refractivity contribution in [3.05, 3.63) is 18.2 Å². The number of benzene rings is 1. The molecule has 1 aromatic carbocycles. The maximum Gasteiger partial charge on any atom is 0.241 e. The minimum Gasteiger partial charge on any atom is -0.493 e. The second-order valence-electron chi connectivity index (χ2n) is 7.07. The van der Waals surface area contributed by atoms with Crippen LogP contribution in [-0.4, -0.2) is 50.2 Å². The van der Waals surface area contributed by atoms with Gasteiger partial charge in [0.2, 0.25) is 5.91 Å². The van der Waals surface area contributed by atoms with Crippen LogP contribution in [0.5, 0.6) is 11.5 Å². The van der Waals surface area contributed by atoms with Gasteiger partial charge in [-0.25, -0.2) is 0 Å². The van der Waals surface area contributed by atoms with E-state index in [0.717, 1.165) is 19.6 Å². The first-order valence-corrected chi connectivity index (χ1v) is 8.82. The maximum atomic E-state index is 12.3. The summed E-state index contributed by atoms with van der Waals surface area (Å²) in [4.78, 5) is 14.6. The van der Waals surface area contributed by atoms with Gasteiger partial charge in [-0.05, 0) is 30.6 Å². The first-order valence-electron chi connectivity index (χ1n) is 8.82. The van der Waals surface area contributed by atoms with Crippen molar-refractivity contribution in [2.75, 3.05) is 38.7 Å². The van der Waals surface area contributed by atoms with Gasteiger partial charge in [0.25, 0.3) is 0 Å². The Bertz CT molecular complexity index is 551. The van der Waals surface area contributed by atoms with Crippen molar-refractivity contribution in [3.8, 4) is 11.5 Å². The van der Waals surface area contributed by atoms with Gasteiger partial charge in [-0.15, -0.1) is 0 Å². The molecule has 0 spiro atoms. The van der Waals surface area contributed by atoms with Gasteiger partial charge in [-0.2, -0.15) is 0 Å². The minimum absolute atomic E-state index is 0.216. The van der Waals surface area contributed by atoms with Gasteiger partial charge in [-0.3, -0.25) is 4.79 Å². The van der Waals surface area contributed by atoms with Crippen LogP contribution < -0.4 is 20.5 Å². The lowest BCUT2D eigenvalue weighted by Gasteiger charge is -2.26. The van der Waals surface area contributed by atoms with Gasteiger partial charge >= 0.3 is 0 Å². The van der Waals surface area contributed by atoms with Gasteiger partial charge in [0, 0.05) is 18.3 Å². The molecule has 142 valence electrons. The molecule has 25 heavy (non-hydrogen) atoms. The highest BCUT2D eigenvalue weighted by atomic mass is 16.5. The van der Waals surface area contributed by atoms with Crippen LogP contribution in [0, 0.1) is 5.41 Å². The molecule has 1 amide bonds. The fourth-order valence-electron chi connectivity index (χ4n) is 2.31. The first-order chi connectivity index (χ1) is 11.7. The number of rotatable bonds is 9. The van der Waals surface area contributed by atoms with Crippen molar-refractivity contribution in [1.82, 2.24) is 4.90 Å². The molecule has 6 heteroatoms. The van der Waals surface area contributed by atoms with Crippen LogP contribution >= 0.6 is 0 Å². The number of methoxy groups -OCH3 is 1. The standard InChI is InChI=1S/C19H33N3O3/c1-7-22(8-2)11-12-25-16-13-14(9-10-15(16)24-6)21-18(23)17(20)19(3,4)5/h9-10,13,17H,7-8,11-12,20H2,1-6H3,(H,21,23)/t17-/m1/s1. The third kappa shape index (κ3) is 6.55. The summed E-state index contributed by atoms with van der Waals surface area (Å²) in [5.74, 6) is 1.03. The van der Waals surface area contributed by atoms with E-state index in [2.05, 4.69) is 24.1 Å². The molecule has 0 aliphatic rings. The van der Waals surface area contributed by atoms with E-state index < -0.39 is 6.04 Å². The zero-order valence-electron chi connectivity index (χ0n) is 16.4. The number of hydrogen-bond acceptors (Lipinski definition) is 5. The fraction of sp³-hybridized carbons (Fsp3) is 0.632. The van der Waals surface area contributed by atoms with Crippen LogP contribution in [0.2, 0.25) is 0 Å². The molecule has 0 bridgehead atoms. The van der Waals surface area contributed by atoms with E-state index in [0.29, 0.717) is 23.8 Å². The Labute approximate surface area is 151 Å². The van der Waals surface area contributed by atoms with Crippen LogP contribution in [0.3, 0.4) is 0 Å². The number of carbonyl (C=O) groups excluding carboxylic acids is 1. The minimum atomic E-state index is -0.596. The summed E-state index contributed by atoms with van der Waals surface area (Å²) in [5.41, 5.74) is 6.34. The second kappa shape index (κ2) is 9.63. The topological polar surface area (TPSA) is 76.8 Å². The molecule has 0 heterocycles. The highest BCUT2D eigenvalue weighted by Crippen LogP contribution is 2.30. The monoisotopic (exact) mass is 351 g/mol. The van der Waals surface area contributed by atoms with Gasteiger partial charge in [0.15, 0.2) is 11.5 Å². The average Bonchev–Trinajstić information content (AvgIpc) is 2.57. The lowest BCUT2D eigenvalue weighted by atomic mass is 9.87. The van der Waals surface area contributed by atoms with Crippen LogP contribution in [0.1, 0.15) is 34.6 Å². The van der Waals surface area contributed by atoms with E-state index in [9.17, 15) is 4.79 Å². The zero-order chi connectivity index (χ0) is 19.0. The summed E-state index contributed by atoms with van der Waals surface area (Å²) in [6, 6.07) is 4.74. The zero-order valence-corrected chi connectivity index (χ0v) is 16.4. The molecule has 1 aromatic rings. The lowest BCUT2D eigenvalue weighted by molar-refractivity contribution is -0.119. The Hall–Kier alpha value is -1.79. The molecular formula is C19H33N3O3. The highest BCUT2D eigenvalue weighted by molar-refractivity contribution is 5.95. The normalized spacial score (nSPS) is 12.8. The second-order valence-corrected chi connectivity index (χ2v) is 7.07. The molecule has 1 rings (SSSR count). The molecule has 0 aliphatic heterocycles. The SMILES string of the molecule is CCN(CC)CCOc1cc(NC(=O)[C@@H](N)C(C)(C)C)ccc1OC. The Morgan fingerprint density at radius 2 is 1.88 bits per heavy atom. The number of likely N-dealkylation sites (N-methyl/N-ethyl adjacent to an activating group) is 1. The molecule has 0 fully saturated rings. The first kappa shape index (κ1) is 21.3. The number of amides is 1. The molecule has 6 nitrogen and oxygen atoms in total. The quantitative estimate of drug-likeness (QED) is 0.715. The smallest absolute Gasteiger partial charge is 0.241 e. The third-order valence-electron chi connectivity index (χ3n) is 4.21. The van der Waals surface area contributed by atoms with Gasteiger partial charge in [0.05, 0.1) is 13.2 Å². The Balaban J connectivity index is 2.79. The Kier molecular flexibility index (Phi) is 8.19. The van der Waals surface area contributed by atoms with Crippen molar-refractivity contribution in [2.45, 2.75) is 40.7 Å². The van der Waals surface area contributed by atoms with E-state index in [-0.39, 0.29) is 11.3 Å². The third-order valence-corrected chi connectivity index (χ3v) is 4.21. The molecule has 0 radical (unpaired) electrons. The highest BCUT2D eigenvalue weighted by Gasteiger charge is 2.27. The predicted octanol–water partition coefficient (Wildman–Crippen LogP) is 2.73. The van der Waals surface area contributed by atoms with Crippen molar-refractivity contribution in [1.29, 1.82) is 0 Å². The van der Waals surface area contributed by atoms with Crippen LogP contribution in [0.15, 0.2) is 18.2 Å². The summed E-state index contributed by atoms with van der Waals surface area (Å²) < 4.78 is 11.2. The Morgan fingerprint density at radius 1 is 1.24 bits per heavy atom. The molecule has 3 N–H and O–H groups in total. The van der Waals surface area contributed by atoms with Crippen molar-refractivity contribution < 1.29 is 14.3 Å². The number of anilines is 1. The Morgan fingerprint density at radius 3 is 2.40 bits per heavy atom. The number of ether oxygens (including phenoxy) is 2. The molecule has 0 saturated carbocycles. The van der Waals surface area contributed by atoms with Crippen molar-refractivity contribution in [2.24, 2.45) is 11.1 Å². The summed E-state index contributed by atoms with van der Waals surface area (Å²) in [6.07, 6.45) is 0. The van der Waals surface area contributed by atoms with E-state index in [1.54, 1.807) is 25.3 Å². The van der Waals surface area contributed by atoms with Gasteiger partial charge < -0.3 is 25.4 Å². The number of carbonyl (C=O) groups is 1. The molecule has 0 unspecified atom stereocenters. The van der Waals surface area contributed by atoms with Crippen molar-refractivity contribution >= 4 is 11.6 Å². The summed E-state index contributed by atoms with van der Waals surface area (Å²) in [7, 11) is 1.60. The molecule has 0 aliphatic carbocycles. The van der Waals surface area contributed by atoms with Gasteiger partial charge in [-0.1, -0.05) is 34.6 Å². The van der Waals surface area contributed by atoms with E-state index in [1.165, 1.54) is 0 Å². The molecule has 1 atom stereocenters. The van der Waals surface area contributed by atoms with E-state index in [1.807, 2.05) is 20.8 Å². The van der Waals surface area contributed by atoms with Crippen LogP contribution in [0.4, 0.5) is 5.69 Å². The lowest BCUT2D eigenvalue weighted by Crippen LogP contribution is -2.45. The number of nitrogens with zero attached hydrogens (tertiary/aromatic N) is 1. The number of nitrogens with two attached hydrogens (primary N) is 1. The van der Waals surface area contributed by atoms with Gasteiger partial charge in [0.1, 0.15) is 6.61 Å². The average molecular weight is 351 g/mol. The molecule has 0 saturated heterocycles. The maximum absolute atomic E-state index is 12.3. The fourth-order valence-corrected chi connectivity index (χ4v) is 2.31.